The van der Waals surface area contributed by atoms with Crippen molar-refractivity contribution in [2.75, 3.05) is 10.2 Å². The molecule has 0 unspecified atom stereocenters. The zero-order valence-corrected chi connectivity index (χ0v) is 60.9. The average molecular weight is 1400 g/mol. The Balaban J connectivity index is 0.000000122. The number of nitrogens with one attached hydrogen (secondary N) is 1. The lowest BCUT2D eigenvalue weighted by Crippen LogP contribution is -2.16. The van der Waals surface area contributed by atoms with Crippen LogP contribution in [0.4, 0.5) is 28.4 Å². The molecule has 5 heteroatoms. The van der Waals surface area contributed by atoms with Gasteiger partial charge in [-0.15, -0.1) is 0 Å². The number of fused-ring (bicyclic) bond motifs is 14. The summed E-state index contributed by atoms with van der Waals surface area (Å²) in [5.41, 5.74) is 27.3. The fourth-order valence-electron chi connectivity index (χ4n) is 18.2. The molecule has 0 aliphatic heterocycles. The molecule has 0 radical (unpaired) electrons. The zero-order valence-electron chi connectivity index (χ0n) is 59.3. The number of hydrogen-bond donors (Lipinski definition) is 1. The van der Waals surface area contributed by atoms with Gasteiger partial charge in [0.2, 0.25) is 0 Å². The molecule has 2 saturated carbocycles. The van der Waals surface area contributed by atoms with Crippen molar-refractivity contribution in [3.8, 4) is 33.6 Å². The molecule has 20 rings (SSSR count). The van der Waals surface area contributed by atoms with E-state index in [-0.39, 0.29) is 10.8 Å². The first-order chi connectivity index (χ1) is 50.5. The van der Waals surface area contributed by atoms with Crippen molar-refractivity contribution in [3.05, 3.63) is 341 Å². The second kappa shape index (κ2) is 26.6. The fourth-order valence-corrected chi connectivity index (χ4v) is 18.5. The molecule has 2 fully saturated rings. The van der Waals surface area contributed by atoms with E-state index in [9.17, 15) is 0 Å². The third-order valence-corrected chi connectivity index (χ3v) is 23.9. The summed E-state index contributed by atoms with van der Waals surface area (Å²) in [5.74, 6) is 1.38. The minimum Gasteiger partial charge on any atom is -0.355 e. The van der Waals surface area contributed by atoms with Gasteiger partial charge in [-0.3, -0.25) is 0 Å². The maximum absolute atomic E-state index is 3.66. The van der Waals surface area contributed by atoms with Crippen LogP contribution in [0.2, 0.25) is 0 Å². The van der Waals surface area contributed by atoms with Crippen molar-refractivity contribution < 1.29 is 0 Å². The summed E-state index contributed by atoms with van der Waals surface area (Å²) in [6, 6.07) is 112. The lowest BCUT2D eigenvalue weighted by molar-refractivity contribution is 0.444. The van der Waals surface area contributed by atoms with Gasteiger partial charge in [0.25, 0.3) is 0 Å². The van der Waals surface area contributed by atoms with Gasteiger partial charge in [0.05, 0.1) is 27.8 Å². The number of aromatic nitrogens is 2. The SMILES string of the molecule is Brc1ccc2c3ccc(C4CCCCC4)cc3n(-c3ccccc3)c2c1.CC1(C)c2ccccc2-c2ccc(N(c3ccc4c5ccc(C6CCCCC6)cc5n(-c5ccccc5)c4c3)c3cccc4ccccc34)cc21.CC1(C)c2ccccc2-c2ccc(Nc3cccc4ccccc34)cc21. The molecule has 0 atom stereocenters. The van der Waals surface area contributed by atoms with Gasteiger partial charge in [-0.2, -0.15) is 0 Å². The van der Waals surface area contributed by atoms with Crippen molar-refractivity contribution in [1.82, 2.24) is 9.13 Å². The maximum Gasteiger partial charge on any atom is 0.0561 e. The number of hydrogen-bond acceptors (Lipinski definition) is 2. The number of para-hydroxylation sites is 2. The maximum atomic E-state index is 3.66. The van der Waals surface area contributed by atoms with E-state index in [1.54, 1.807) is 0 Å². The van der Waals surface area contributed by atoms with Crippen LogP contribution in [0.5, 0.6) is 0 Å². The van der Waals surface area contributed by atoms with Crippen molar-refractivity contribution in [2.45, 2.75) is 115 Å². The van der Waals surface area contributed by atoms with Crippen LogP contribution >= 0.6 is 15.9 Å². The number of benzene rings is 14. The predicted octanol–water partition coefficient (Wildman–Crippen LogP) is 28.2. The smallest absolute Gasteiger partial charge is 0.0561 e. The summed E-state index contributed by atoms with van der Waals surface area (Å²) in [6.45, 7) is 9.38. The molecule has 16 aromatic rings. The lowest BCUT2D eigenvalue weighted by Gasteiger charge is -2.29. The number of nitrogens with zero attached hydrogens (tertiary/aromatic N) is 3. The third kappa shape index (κ3) is 11.5. The molecule has 0 amide bonds. The third-order valence-electron chi connectivity index (χ3n) is 23.5. The van der Waals surface area contributed by atoms with Crippen LogP contribution in [0.3, 0.4) is 0 Å². The first kappa shape index (κ1) is 64.4. The standard InChI is InChI=1S/C49H42N2.C25H21N.C24H22BrN/c1-49(2)44-22-12-11-21-40(44)41-28-25-37(31-45(41)49)50(46-23-13-17-34-16-9-10-20-39(34)46)38-26-29-43-42-27-24-35(33-14-5-3-6-15-33)30-47(42)51(48(43)32-38)36-18-7-4-8-19-36;1-25(2)22-12-6-5-11-20(22)21-15-14-18(16-23(21)25)26-24-13-7-9-17-8-3-4-10-19(17)24;25-19-12-14-22-21-13-11-18(17-7-3-1-4-8-17)15-23(21)26(24(22)16-19)20-9-5-2-6-10-20/h4,7-13,16-33H,3,5-6,14-15H2,1-2H3;3-16,26H,1-2H3;2,5-6,9-17H,1,3-4,7-8H2. The highest BCUT2D eigenvalue weighted by atomic mass is 79.9. The molecular formula is C98H85BrN4. The lowest BCUT2D eigenvalue weighted by atomic mass is 9.82. The van der Waals surface area contributed by atoms with Crippen molar-refractivity contribution in [2.24, 2.45) is 0 Å². The molecule has 4 aliphatic rings. The number of anilines is 5. The summed E-state index contributed by atoms with van der Waals surface area (Å²) >= 11 is 3.66. The van der Waals surface area contributed by atoms with E-state index < -0.39 is 0 Å². The Hall–Kier alpha value is -10.7. The molecule has 14 aromatic carbocycles. The molecule has 103 heavy (non-hydrogen) atoms. The average Bonchev–Trinajstić information content (AvgIpc) is 1.57. The first-order valence-corrected chi connectivity index (χ1v) is 38.3. The second-order valence-corrected chi connectivity index (χ2v) is 31.2. The van der Waals surface area contributed by atoms with E-state index in [0.717, 1.165) is 27.5 Å². The van der Waals surface area contributed by atoms with E-state index in [4.69, 9.17) is 0 Å². The van der Waals surface area contributed by atoms with Crippen molar-refractivity contribution >= 4 is 110 Å². The summed E-state index contributed by atoms with van der Waals surface area (Å²) in [5, 5.41) is 13.9. The van der Waals surface area contributed by atoms with Gasteiger partial charge in [0.15, 0.2) is 0 Å². The molecule has 1 N–H and O–H groups in total. The molecule has 4 aliphatic carbocycles. The summed E-state index contributed by atoms with van der Waals surface area (Å²) in [4.78, 5) is 2.49. The van der Waals surface area contributed by atoms with Crippen molar-refractivity contribution in [1.29, 1.82) is 0 Å². The van der Waals surface area contributed by atoms with E-state index in [1.165, 1.54) is 208 Å². The van der Waals surface area contributed by atoms with Crippen LogP contribution in [0.25, 0.3) is 98.8 Å². The normalized spacial score (nSPS) is 15.1. The zero-order chi connectivity index (χ0) is 69.3. The molecule has 0 bridgehead atoms. The molecule has 4 nitrogen and oxygen atoms in total. The van der Waals surface area contributed by atoms with Crippen LogP contribution in [0.1, 0.15) is 137 Å². The van der Waals surface area contributed by atoms with E-state index in [1.807, 2.05) is 0 Å². The largest absolute Gasteiger partial charge is 0.355 e. The Labute approximate surface area is 614 Å². The first-order valence-electron chi connectivity index (χ1n) is 37.5. The van der Waals surface area contributed by atoms with Gasteiger partial charge < -0.3 is 19.4 Å². The van der Waals surface area contributed by atoms with Crippen LogP contribution in [0.15, 0.2) is 308 Å². The Kier molecular flexibility index (Phi) is 16.6. The highest BCUT2D eigenvalue weighted by molar-refractivity contribution is 9.10. The quantitative estimate of drug-likeness (QED) is 0.156. The molecular weight excluding hydrogens is 1310 g/mol. The van der Waals surface area contributed by atoms with Gasteiger partial charge in [0.1, 0.15) is 0 Å². The minimum absolute atomic E-state index is 0.0301. The fraction of sp³-hybridized carbons (Fsp3) is 0.184. The molecule has 504 valence electrons. The molecule has 0 spiro atoms. The molecule has 0 saturated heterocycles. The Bertz CT molecular complexity index is 5890. The van der Waals surface area contributed by atoms with Crippen molar-refractivity contribution in [3.63, 3.8) is 0 Å². The Morgan fingerprint density at radius 3 is 1.35 bits per heavy atom. The highest BCUT2D eigenvalue weighted by Crippen LogP contribution is 2.53. The number of rotatable bonds is 9. The van der Waals surface area contributed by atoms with E-state index in [2.05, 4.69) is 366 Å². The summed E-state index contributed by atoms with van der Waals surface area (Å²) < 4.78 is 6.05. The van der Waals surface area contributed by atoms with Gasteiger partial charge >= 0.3 is 0 Å². The molecule has 2 aromatic heterocycles. The van der Waals surface area contributed by atoms with Gasteiger partial charge in [-0.05, 0) is 201 Å². The van der Waals surface area contributed by atoms with Crippen LogP contribution in [-0.2, 0) is 10.8 Å². The van der Waals surface area contributed by atoms with Crippen LogP contribution in [-0.4, -0.2) is 9.13 Å². The Morgan fingerprint density at radius 1 is 0.330 bits per heavy atom. The highest BCUT2D eigenvalue weighted by Gasteiger charge is 2.37. The molecule has 2 heterocycles. The number of halogens is 1. The Morgan fingerprint density at radius 2 is 0.757 bits per heavy atom. The summed E-state index contributed by atoms with van der Waals surface area (Å²) in [6.07, 6.45) is 13.5. The second-order valence-electron chi connectivity index (χ2n) is 30.2. The predicted molar refractivity (Wildman–Crippen MR) is 442 cm³/mol. The van der Waals surface area contributed by atoms with E-state index in [0.29, 0.717) is 5.92 Å². The van der Waals surface area contributed by atoms with Gasteiger partial charge in [-0.25, -0.2) is 0 Å². The topological polar surface area (TPSA) is 25.1 Å². The monoisotopic (exact) mass is 1400 g/mol. The van der Waals surface area contributed by atoms with Gasteiger partial charge in [0, 0.05) is 81.7 Å². The summed E-state index contributed by atoms with van der Waals surface area (Å²) in [7, 11) is 0. The van der Waals surface area contributed by atoms with E-state index >= 15 is 0 Å². The van der Waals surface area contributed by atoms with Crippen LogP contribution in [0, 0.1) is 0 Å². The minimum atomic E-state index is -0.0912. The van der Waals surface area contributed by atoms with Crippen LogP contribution < -0.4 is 10.2 Å². The van der Waals surface area contributed by atoms with Gasteiger partial charge in [-0.1, -0.05) is 288 Å².